The van der Waals surface area contributed by atoms with Crippen molar-refractivity contribution in [2.45, 2.75) is 13.8 Å². The third-order valence-corrected chi connectivity index (χ3v) is 3.06. The predicted octanol–water partition coefficient (Wildman–Crippen LogP) is 3.07. The lowest BCUT2D eigenvalue weighted by molar-refractivity contribution is -0.109. The average Bonchev–Trinajstić information content (AvgIpc) is 2.33. The number of hydrogen-bond acceptors (Lipinski definition) is 4. The predicted molar refractivity (Wildman–Crippen MR) is 74.7 cm³/mol. The van der Waals surface area contributed by atoms with Gasteiger partial charge in [-0.25, -0.2) is 4.79 Å². The van der Waals surface area contributed by atoms with Crippen molar-refractivity contribution in [1.29, 1.82) is 0 Å². The molecule has 0 aromatic heterocycles. The Hall–Kier alpha value is -1.55. The van der Waals surface area contributed by atoms with Crippen LogP contribution in [0.25, 0.3) is 6.08 Å². The first-order valence-electron chi connectivity index (χ1n) is 5.53. The lowest BCUT2D eigenvalue weighted by atomic mass is 10.0. The maximum absolute atomic E-state index is 11.6. The molecule has 0 saturated heterocycles. The molecule has 4 heteroatoms. The second kappa shape index (κ2) is 7.01. The molecule has 0 amide bonds. The second-order valence-corrected chi connectivity index (χ2v) is 4.98. The van der Waals surface area contributed by atoms with E-state index in [1.54, 1.807) is 6.07 Å². The molecule has 1 rings (SSSR count). The summed E-state index contributed by atoms with van der Waals surface area (Å²) >= 11 is 1.23. The molecule has 0 aliphatic carbocycles. The van der Waals surface area contributed by atoms with Crippen molar-refractivity contribution >= 4 is 28.9 Å². The van der Waals surface area contributed by atoms with Gasteiger partial charge in [0.2, 0.25) is 0 Å². The van der Waals surface area contributed by atoms with E-state index in [0.29, 0.717) is 11.3 Å². The van der Waals surface area contributed by atoms with Crippen LogP contribution in [0.1, 0.15) is 28.4 Å². The lowest BCUT2D eigenvalue weighted by Crippen LogP contribution is -2.03. The number of ether oxygens (including phenoxy) is 1. The number of rotatable bonds is 4. The molecule has 18 heavy (non-hydrogen) atoms. The number of methoxy groups -OCH3 is 1. The van der Waals surface area contributed by atoms with Crippen LogP contribution in [0.15, 0.2) is 24.3 Å². The van der Waals surface area contributed by atoms with Crippen LogP contribution in [0.4, 0.5) is 0 Å². The highest BCUT2D eigenvalue weighted by molar-refractivity contribution is 8.13. The Balaban J connectivity index is 2.88. The maximum atomic E-state index is 11.6. The molecule has 96 valence electrons. The van der Waals surface area contributed by atoms with Gasteiger partial charge in [0.15, 0.2) is 5.12 Å². The van der Waals surface area contributed by atoms with Crippen molar-refractivity contribution in [3.05, 3.63) is 41.0 Å². The molecule has 0 fully saturated rings. The van der Waals surface area contributed by atoms with Crippen molar-refractivity contribution in [3.8, 4) is 0 Å². The van der Waals surface area contributed by atoms with Crippen LogP contribution in [0.5, 0.6) is 0 Å². The molecule has 0 heterocycles. The minimum atomic E-state index is -0.353. The van der Waals surface area contributed by atoms with Crippen LogP contribution < -0.4 is 0 Å². The first-order chi connectivity index (χ1) is 8.54. The van der Waals surface area contributed by atoms with Crippen molar-refractivity contribution < 1.29 is 14.3 Å². The SMILES string of the molecule is COC(=O)c1ccc(C)cc1C=CCSC(C)=O. The summed E-state index contributed by atoms with van der Waals surface area (Å²) in [5, 5.41) is 0.0806. The number of esters is 1. The van der Waals surface area contributed by atoms with Crippen molar-refractivity contribution in [1.82, 2.24) is 0 Å². The Labute approximate surface area is 111 Å². The summed E-state index contributed by atoms with van der Waals surface area (Å²) in [5.41, 5.74) is 2.42. The summed E-state index contributed by atoms with van der Waals surface area (Å²) < 4.78 is 4.73. The third kappa shape index (κ3) is 4.37. The normalized spacial score (nSPS) is 10.6. The highest BCUT2D eigenvalue weighted by atomic mass is 32.2. The largest absolute Gasteiger partial charge is 0.465 e. The molecule has 0 aliphatic heterocycles. The third-order valence-electron chi connectivity index (χ3n) is 2.29. The van der Waals surface area contributed by atoms with Gasteiger partial charge in [-0.2, -0.15) is 0 Å². The number of carbonyl (C=O) groups excluding carboxylic acids is 2. The number of aryl methyl sites for hydroxylation is 1. The molecular formula is C14H16O3S. The molecule has 0 saturated carbocycles. The molecule has 0 atom stereocenters. The molecule has 0 N–H and O–H groups in total. The van der Waals surface area contributed by atoms with Gasteiger partial charge in [0.05, 0.1) is 12.7 Å². The van der Waals surface area contributed by atoms with Gasteiger partial charge in [-0.3, -0.25) is 4.79 Å². The average molecular weight is 264 g/mol. The Morgan fingerprint density at radius 1 is 1.39 bits per heavy atom. The Kier molecular flexibility index (Phi) is 5.65. The summed E-state index contributed by atoms with van der Waals surface area (Å²) in [4.78, 5) is 22.4. The van der Waals surface area contributed by atoms with E-state index in [0.717, 1.165) is 11.1 Å². The minimum Gasteiger partial charge on any atom is -0.465 e. The Bertz CT molecular complexity index is 478. The molecule has 0 radical (unpaired) electrons. The van der Waals surface area contributed by atoms with Gasteiger partial charge in [-0.05, 0) is 18.6 Å². The van der Waals surface area contributed by atoms with Crippen LogP contribution >= 0.6 is 11.8 Å². The Morgan fingerprint density at radius 2 is 2.11 bits per heavy atom. The second-order valence-electron chi connectivity index (χ2n) is 3.79. The van der Waals surface area contributed by atoms with Crippen LogP contribution in [0, 0.1) is 6.92 Å². The van der Waals surface area contributed by atoms with Crippen LogP contribution in [-0.4, -0.2) is 23.9 Å². The fourth-order valence-corrected chi connectivity index (χ4v) is 1.88. The van der Waals surface area contributed by atoms with E-state index in [4.69, 9.17) is 4.74 Å². The zero-order valence-corrected chi connectivity index (χ0v) is 11.5. The fraction of sp³-hybridized carbons (Fsp3) is 0.286. The van der Waals surface area contributed by atoms with E-state index < -0.39 is 0 Å². The van der Waals surface area contributed by atoms with E-state index >= 15 is 0 Å². The van der Waals surface area contributed by atoms with Gasteiger partial charge in [-0.1, -0.05) is 41.6 Å². The summed E-state index contributed by atoms with van der Waals surface area (Å²) in [6, 6.07) is 5.54. The summed E-state index contributed by atoms with van der Waals surface area (Å²) in [5.74, 6) is 0.248. The van der Waals surface area contributed by atoms with E-state index in [-0.39, 0.29) is 11.1 Å². The molecule has 0 aliphatic rings. The minimum absolute atomic E-state index is 0.0806. The molecule has 0 spiro atoms. The molecule has 3 nitrogen and oxygen atoms in total. The molecule has 1 aromatic carbocycles. The highest BCUT2D eigenvalue weighted by Crippen LogP contribution is 2.15. The first kappa shape index (κ1) is 14.5. The number of hydrogen-bond donors (Lipinski definition) is 0. The maximum Gasteiger partial charge on any atom is 0.338 e. The van der Waals surface area contributed by atoms with Gasteiger partial charge in [-0.15, -0.1) is 0 Å². The van der Waals surface area contributed by atoms with Crippen LogP contribution in [0.3, 0.4) is 0 Å². The summed E-state index contributed by atoms with van der Waals surface area (Å²) in [6.45, 7) is 3.49. The van der Waals surface area contributed by atoms with Gasteiger partial charge in [0.25, 0.3) is 0 Å². The van der Waals surface area contributed by atoms with Gasteiger partial charge >= 0.3 is 5.97 Å². The molecule has 1 aromatic rings. The molecule has 0 unspecified atom stereocenters. The molecular weight excluding hydrogens is 248 g/mol. The van der Waals surface area contributed by atoms with Crippen molar-refractivity contribution in [3.63, 3.8) is 0 Å². The van der Waals surface area contributed by atoms with E-state index in [2.05, 4.69) is 0 Å². The number of benzene rings is 1. The Morgan fingerprint density at radius 3 is 2.72 bits per heavy atom. The van der Waals surface area contributed by atoms with E-state index in [1.807, 2.05) is 31.2 Å². The standard InChI is InChI=1S/C14H16O3S/c1-10-6-7-13(14(16)17-3)12(9-10)5-4-8-18-11(2)15/h4-7,9H,8H2,1-3H3. The quantitative estimate of drug-likeness (QED) is 0.784. The van der Waals surface area contributed by atoms with Gasteiger partial charge in [0.1, 0.15) is 0 Å². The van der Waals surface area contributed by atoms with Crippen molar-refractivity contribution in [2.75, 3.05) is 12.9 Å². The monoisotopic (exact) mass is 264 g/mol. The van der Waals surface area contributed by atoms with Gasteiger partial charge < -0.3 is 4.74 Å². The van der Waals surface area contributed by atoms with E-state index in [1.165, 1.54) is 25.8 Å². The number of thioether (sulfide) groups is 1. The van der Waals surface area contributed by atoms with E-state index in [9.17, 15) is 9.59 Å². The van der Waals surface area contributed by atoms with Crippen molar-refractivity contribution in [2.24, 2.45) is 0 Å². The summed E-state index contributed by atoms with van der Waals surface area (Å²) in [7, 11) is 1.36. The zero-order chi connectivity index (χ0) is 13.5. The van der Waals surface area contributed by atoms with Crippen LogP contribution in [0.2, 0.25) is 0 Å². The lowest BCUT2D eigenvalue weighted by Gasteiger charge is -2.05. The summed E-state index contributed by atoms with van der Waals surface area (Å²) in [6.07, 6.45) is 3.71. The van der Waals surface area contributed by atoms with Crippen LogP contribution in [-0.2, 0) is 9.53 Å². The number of carbonyl (C=O) groups is 2. The smallest absolute Gasteiger partial charge is 0.338 e. The molecule has 0 bridgehead atoms. The topological polar surface area (TPSA) is 43.4 Å². The first-order valence-corrected chi connectivity index (χ1v) is 6.52. The van der Waals surface area contributed by atoms with Gasteiger partial charge in [0, 0.05) is 12.7 Å². The fourth-order valence-electron chi connectivity index (χ4n) is 1.46. The zero-order valence-electron chi connectivity index (χ0n) is 10.7. The highest BCUT2D eigenvalue weighted by Gasteiger charge is 2.09.